The first kappa shape index (κ1) is 16.1. The van der Waals surface area contributed by atoms with E-state index < -0.39 is 6.10 Å². The molecule has 21 heavy (non-hydrogen) atoms. The number of β-amino-alcohol motifs (C(OH)–C–C–N with tert-alkyl or cyclic N) is 1. The van der Waals surface area contributed by atoms with Crippen molar-refractivity contribution < 1.29 is 9.84 Å². The van der Waals surface area contributed by atoms with Gasteiger partial charge < -0.3 is 20.5 Å². The van der Waals surface area contributed by atoms with Gasteiger partial charge in [-0.25, -0.2) is 0 Å². The van der Waals surface area contributed by atoms with Gasteiger partial charge in [0.1, 0.15) is 18.5 Å². The van der Waals surface area contributed by atoms with Crippen molar-refractivity contribution in [2.45, 2.75) is 33.3 Å². The summed E-state index contributed by atoms with van der Waals surface area (Å²) in [5, 5.41) is 10.1. The first-order valence-electron chi connectivity index (χ1n) is 7.73. The van der Waals surface area contributed by atoms with E-state index in [1.54, 1.807) is 12.1 Å². The molecule has 118 valence electrons. The molecular formula is C17H28N2O2. The zero-order valence-corrected chi connectivity index (χ0v) is 13.4. The van der Waals surface area contributed by atoms with Gasteiger partial charge in [0.25, 0.3) is 0 Å². The molecule has 0 radical (unpaired) electrons. The van der Waals surface area contributed by atoms with Gasteiger partial charge in [-0.05, 0) is 48.6 Å². The fourth-order valence-electron chi connectivity index (χ4n) is 2.81. The third-order valence-electron chi connectivity index (χ3n) is 4.29. The molecule has 0 bridgehead atoms. The molecule has 1 aliphatic rings. The Bertz CT molecular complexity index is 439. The molecule has 0 spiro atoms. The van der Waals surface area contributed by atoms with Crippen molar-refractivity contribution in [1.82, 2.24) is 4.90 Å². The SMILES string of the molecule is CC(C)(C)C1CCN(CC(O)COc2ccc(N)cc2)C1. The molecule has 2 rings (SSSR count). The first-order valence-corrected chi connectivity index (χ1v) is 7.73. The number of aliphatic hydroxyl groups is 1. The van der Waals surface area contributed by atoms with Gasteiger partial charge in [0.15, 0.2) is 0 Å². The van der Waals surface area contributed by atoms with Gasteiger partial charge in [0.05, 0.1) is 0 Å². The molecule has 1 aromatic carbocycles. The molecule has 2 atom stereocenters. The van der Waals surface area contributed by atoms with Crippen LogP contribution in [0.25, 0.3) is 0 Å². The Morgan fingerprint density at radius 3 is 2.57 bits per heavy atom. The van der Waals surface area contributed by atoms with E-state index in [1.165, 1.54) is 6.42 Å². The number of rotatable bonds is 5. The van der Waals surface area contributed by atoms with E-state index in [0.717, 1.165) is 18.8 Å². The average molecular weight is 292 g/mol. The fourth-order valence-corrected chi connectivity index (χ4v) is 2.81. The minimum Gasteiger partial charge on any atom is -0.491 e. The summed E-state index contributed by atoms with van der Waals surface area (Å²) >= 11 is 0. The van der Waals surface area contributed by atoms with Gasteiger partial charge in [-0.2, -0.15) is 0 Å². The van der Waals surface area contributed by atoms with Crippen molar-refractivity contribution in [1.29, 1.82) is 0 Å². The molecule has 0 aromatic heterocycles. The van der Waals surface area contributed by atoms with Crippen LogP contribution in [0.15, 0.2) is 24.3 Å². The molecular weight excluding hydrogens is 264 g/mol. The topological polar surface area (TPSA) is 58.7 Å². The molecule has 1 aliphatic heterocycles. The van der Waals surface area contributed by atoms with Crippen molar-refractivity contribution >= 4 is 5.69 Å². The van der Waals surface area contributed by atoms with E-state index in [4.69, 9.17) is 10.5 Å². The zero-order chi connectivity index (χ0) is 15.5. The van der Waals surface area contributed by atoms with E-state index >= 15 is 0 Å². The van der Waals surface area contributed by atoms with E-state index in [-0.39, 0.29) is 0 Å². The Hall–Kier alpha value is -1.26. The second kappa shape index (κ2) is 6.67. The van der Waals surface area contributed by atoms with Crippen LogP contribution in [-0.2, 0) is 0 Å². The van der Waals surface area contributed by atoms with Crippen LogP contribution in [0.1, 0.15) is 27.2 Å². The highest BCUT2D eigenvalue weighted by molar-refractivity contribution is 5.41. The maximum Gasteiger partial charge on any atom is 0.119 e. The lowest BCUT2D eigenvalue weighted by molar-refractivity contribution is 0.0724. The Morgan fingerprint density at radius 1 is 1.33 bits per heavy atom. The quantitative estimate of drug-likeness (QED) is 0.818. The van der Waals surface area contributed by atoms with Gasteiger partial charge in [-0.15, -0.1) is 0 Å². The molecule has 3 N–H and O–H groups in total. The maximum absolute atomic E-state index is 10.1. The molecule has 1 fully saturated rings. The molecule has 1 saturated heterocycles. The van der Waals surface area contributed by atoms with Crippen molar-refractivity contribution in [3.05, 3.63) is 24.3 Å². The Kier molecular flexibility index (Phi) is 5.12. The molecule has 0 saturated carbocycles. The summed E-state index contributed by atoms with van der Waals surface area (Å²) in [6, 6.07) is 7.26. The zero-order valence-electron chi connectivity index (χ0n) is 13.4. The van der Waals surface area contributed by atoms with Gasteiger partial charge in [0, 0.05) is 18.8 Å². The van der Waals surface area contributed by atoms with Crippen molar-refractivity contribution in [3.8, 4) is 5.75 Å². The summed E-state index contributed by atoms with van der Waals surface area (Å²) in [6.45, 7) is 10.0. The summed E-state index contributed by atoms with van der Waals surface area (Å²) < 4.78 is 5.59. The highest BCUT2D eigenvalue weighted by Crippen LogP contribution is 2.33. The fraction of sp³-hybridized carbons (Fsp3) is 0.647. The van der Waals surface area contributed by atoms with E-state index in [1.807, 2.05) is 12.1 Å². The summed E-state index contributed by atoms with van der Waals surface area (Å²) in [6.07, 6.45) is 0.760. The minimum absolute atomic E-state index is 0.320. The van der Waals surface area contributed by atoms with Crippen molar-refractivity contribution in [2.75, 3.05) is 32.0 Å². The minimum atomic E-state index is -0.457. The van der Waals surface area contributed by atoms with Crippen LogP contribution in [0.4, 0.5) is 5.69 Å². The number of hydrogen-bond acceptors (Lipinski definition) is 4. The van der Waals surface area contributed by atoms with E-state index in [2.05, 4.69) is 25.7 Å². The largest absolute Gasteiger partial charge is 0.491 e. The van der Waals surface area contributed by atoms with Gasteiger partial charge >= 0.3 is 0 Å². The second-order valence-electron chi connectivity index (χ2n) is 7.15. The monoisotopic (exact) mass is 292 g/mol. The van der Waals surface area contributed by atoms with E-state index in [9.17, 15) is 5.11 Å². The van der Waals surface area contributed by atoms with Crippen LogP contribution in [0.3, 0.4) is 0 Å². The number of benzene rings is 1. The van der Waals surface area contributed by atoms with Crippen LogP contribution in [-0.4, -0.2) is 42.4 Å². The Labute approximate surface area is 127 Å². The lowest BCUT2D eigenvalue weighted by atomic mass is 9.80. The van der Waals surface area contributed by atoms with Crippen LogP contribution in [0, 0.1) is 11.3 Å². The first-order chi connectivity index (χ1) is 9.84. The average Bonchev–Trinajstić information content (AvgIpc) is 2.86. The maximum atomic E-state index is 10.1. The molecule has 4 heteroatoms. The Balaban J connectivity index is 1.73. The molecule has 1 aromatic rings. The number of ether oxygens (including phenoxy) is 1. The van der Waals surface area contributed by atoms with Crippen LogP contribution in [0.5, 0.6) is 5.75 Å². The molecule has 0 aliphatic carbocycles. The highest BCUT2D eigenvalue weighted by atomic mass is 16.5. The number of nitrogen functional groups attached to an aromatic ring is 1. The van der Waals surface area contributed by atoms with Gasteiger partial charge in [-0.3, -0.25) is 0 Å². The molecule has 2 unspecified atom stereocenters. The summed E-state index contributed by atoms with van der Waals surface area (Å²) in [5.74, 6) is 1.46. The van der Waals surface area contributed by atoms with Gasteiger partial charge in [-0.1, -0.05) is 20.8 Å². The lowest BCUT2D eigenvalue weighted by Crippen LogP contribution is -2.35. The lowest BCUT2D eigenvalue weighted by Gasteiger charge is -2.27. The van der Waals surface area contributed by atoms with Crippen molar-refractivity contribution in [3.63, 3.8) is 0 Å². The number of nitrogens with zero attached hydrogens (tertiary/aromatic N) is 1. The Morgan fingerprint density at radius 2 is 2.00 bits per heavy atom. The smallest absolute Gasteiger partial charge is 0.119 e. The highest BCUT2D eigenvalue weighted by Gasteiger charge is 2.32. The van der Waals surface area contributed by atoms with Crippen LogP contribution in [0.2, 0.25) is 0 Å². The predicted octanol–water partition coefficient (Wildman–Crippen LogP) is 2.38. The van der Waals surface area contributed by atoms with Crippen LogP contribution < -0.4 is 10.5 Å². The third kappa shape index (κ3) is 4.90. The normalized spacial score (nSPS) is 21.4. The number of aliphatic hydroxyl groups excluding tert-OH is 1. The van der Waals surface area contributed by atoms with E-state index in [0.29, 0.717) is 30.2 Å². The molecule has 4 nitrogen and oxygen atoms in total. The molecule has 1 heterocycles. The summed E-state index contributed by atoms with van der Waals surface area (Å²) in [4.78, 5) is 2.34. The van der Waals surface area contributed by atoms with Crippen molar-refractivity contribution in [2.24, 2.45) is 11.3 Å². The second-order valence-corrected chi connectivity index (χ2v) is 7.15. The molecule has 0 amide bonds. The number of anilines is 1. The number of likely N-dealkylation sites (tertiary alicyclic amines) is 1. The summed E-state index contributed by atoms with van der Waals surface area (Å²) in [7, 11) is 0. The summed E-state index contributed by atoms with van der Waals surface area (Å²) in [5.41, 5.74) is 6.69. The number of nitrogens with two attached hydrogens (primary N) is 1. The third-order valence-corrected chi connectivity index (χ3v) is 4.29. The van der Waals surface area contributed by atoms with Gasteiger partial charge in [0.2, 0.25) is 0 Å². The van der Waals surface area contributed by atoms with Crippen LogP contribution >= 0.6 is 0 Å². The number of hydrogen-bond donors (Lipinski definition) is 2. The predicted molar refractivity (Wildman–Crippen MR) is 86.4 cm³/mol. The standard InChI is InChI=1S/C17H28N2O2/c1-17(2,3)13-8-9-19(10-13)11-15(20)12-21-16-6-4-14(18)5-7-16/h4-7,13,15,20H,8-12,18H2,1-3H3.